The summed E-state index contributed by atoms with van der Waals surface area (Å²) >= 11 is 0. The van der Waals surface area contributed by atoms with Crippen molar-refractivity contribution < 1.29 is 22.1 Å². The molecule has 0 aliphatic heterocycles. The highest BCUT2D eigenvalue weighted by Gasteiger charge is 2.18. The summed E-state index contributed by atoms with van der Waals surface area (Å²) in [6, 6.07) is 12.6. The second-order valence-corrected chi connectivity index (χ2v) is 6.25. The summed E-state index contributed by atoms with van der Waals surface area (Å²) in [7, 11) is -2.52. The second-order valence-electron chi connectivity index (χ2n) is 4.70. The number of allylic oxidation sites excluding steroid dienone is 1. The second kappa shape index (κ2) is 7.11. The summed E-state index contributed by atoms with van der Waals surface area (Å²) in [5.74, 6) is 0.252. The van der Waals surface area contributed by atoms with Crippen molar-refractivity contribution in [3.8, 4) is 11.5 Å². The molecule has 5 nitrogen and oxygen atoms in total. The standard InChI is InChI=1S/C17H16O5S/c1-13(18)8-9-14-10-11-16(17(12-14)21-2)22-23(19,20)15-6-4-3-5-7-15/h3-12H,1-2H3/b9-8+. The van der Waals surface area contributed by atoms with Crippen LogP contribution in [0.2, 0.25) is 0 Å². The molecule has 0 unspecified atom stereocenters. The van der Waals surface area contributed by atoms with E-state index in [0.717, 1.165) is 0 Å². The number of methoxy groups -OCH3 is 1. The van der Waals surface area contributed by atoms with Crippen molar-refractivity contribution in [1.82, 2.24) is 0 Å². The number of rotatable bonds is 6. The van der Waals surface area contributed by atoms with E-state index in [9.17, 15) is 13.2 Å². The van der Waals surface area contributed by atoms with Gasteiger partial charge in [-0.1, -0.05) is 30.3 Å². The van der Waals surface area contributed by atoms with E-state index in [0.29, 0.717) is 5.56 Å². The number of ether oxygens (including phenoxy) is 1. The van der Waals surface area contributed by atoms with Crippen LogP contribution in [0.15, 0.2) is 59.5 Å². The van der Waals surface area contributed by atoms with Crippen molar-refractivity contribution in [2.24, 2.45) is 0 Å². The molecule has 2 rings (SSSR count). The molecule has 0 saturated carbocycles. The largest absolute Gasteiger partial charge is 0.493 e. The molecule has 0 saturated heterocycles. The van der Waals surface area contributed by atoms with Crippen LogP contribution in [0.5, 0.6) is 11.5 Å². The summed E-state index contributed by atoms with van der Waals surface area (Å²) in [5.41, 5.74) is 0.696. The van der Waals surface area contributed by atoms with Crippen LogP contribution in [0.4, 0.5) is 0 Å². The molecule has 0 amide bonds. The van der Waals surface area contributed by atoms with E-state index in [2.05, 4.69) is 0 Å². The molecule has 0 aliphatic carbocycles. The summed E-state index contributed by atoms with van der Waals surface area (Å²) in [5, 5.41) is 0. The van der Waals surface area contributed by atoms with Gasteiger partial charge in [0.2, 0.25) is 0 Å². The normalized spacial score (nSPS) is 11.4. The molecule has 120 valence electrons. The zero-order valence-electron chi connectivity index (χ0n) is 12.7. The molecule has 0 radical (unpaired) electrons. The molecule has 0 bridgehead atoms. The van der Waals surface area contributed by atoms with Gasteiger partial charge in [0, 0.05) is 0 Å². The van der Waals surface area contributed by atoms with Gasteiger partial charge >= 0.3 is 10.1 Å². The van der Waals surface area contributed by atoms with Crippen molar-refractivity contribution in [3.05, 3.63) is 60.2 Å². The molecule has 0 aliphatic rings. The maximum absolute atomic E-state index is 12.2. The minimum absolute atomic E-state index is 0.0580. The predicted octanol–water partition coefficient (Wildman–Crippen LogP) is 3.07. The van der Waals surface area contributed by atoms with Gasteiger partial charge in [-0.15, -0.1) is 0 Å². The van der Waals surface area contributed by atoms with Crippen molar-refractivity contribution in [2.45, 2.75) is 11.8 Å². The molecule has 0 atom stereocenters. The van der Waals surface area contributed by atoms with Crippen LogP contribution >= 0.6 is 0 Å². The SMILES string of the molecule is COc1cc(/C=C/C(C)=O)ccc1OS(=O)(=O)c1ccccc1. The van der Waals surface area contributed by atoms with E-state index in [1.54, 1.807) is 36.4 Å². The Morgan fingerprint density at radius 3 is 2.35 bits per heavy atom. The lowest BCUT2D eigenvalue weighted by Gasteiger charge is -2.11. The molecule has 6 heteroatoms. The van der Waals surface area contributed by atoms with Crippen LogP contribution in [0.1, 0.15) is 12.5 Å². The summed E-state index contributed by atoms with van der Waals surface area (Å²) in [6.45, 7) is 1.44. The Bertz CT molecular complexity index is 823. The van der Waals surface area contributed by atoms with Gasteiger partial charge in [0.15, 0.2) is 17.3 Å². The zero-order chi connectivity index (χ0) is 16.9. The van der Waals surface area contributed by atoms with Gasteiger partial charge in [0.05, 0.1) is 7.11 Å². The maximum atomic E-state index is 12.2. The summed E-state index contributed by atoms with van der Waals surface area (Å²) in [4.78, 5) is 11.0. The van der Waals surface area contributed by atoms with E-state index < -0.39 is 10.1 Å². The molecular formula is C17H16O5S. The van der Waals surface area contributed by atoms with E-state index >= 15 is 0 Å². The third kappa shape index (κ3) is 4.43. The molecule has 0 heterocycles. The molecule has 0 aromatic heterocycles. The van der Waals surface area contributed by atoms with Gasteiger partial charge in [-0.2, -0.15) is 8.42 Å². The lowest BCUT2D eigenvalue weighted by Crippen LogP contribution is -2.10. The van der Waals surface area contributed by atoms with E-state index in [4.69, 9.17) is 8.92 Å². The topological polar surface area (TPSA) is 69.7 Å². The van der Waals surface area contributed by atoms with Crippen LogP contribution in [0, 0.1) is 0 Å². The maximum Gasteiger partial charge on any atom is 0.339 e. The fraction of sp³-hybridized carbons (Fsp3) is 0.118. The van der Waals surface area contributed by atoms with Crippen molar-refractivity contribution in [3.63, 3.8) is 0 Å². The first-order valence-corrected chi connectivity index (χ1v) is 8.19. The number of carbonyl (C=O) groups is 1. The average molecular weight is 332 g/mol. The Balaban J connectivity index is 2.32. The fourth-order valence-electron chi connectivity index (χ4n) is 1.82. The monoisotopic (exact) mass is 332 g/mol. The highest BCUT2D eigenvalue weighted by atomic mass is 32.2. The van der Waals surface area contributed by atoms with Gasteiger partial charge in [-0.3, -0.25) is 4.79 Å². The number of benzene rings is 2. The number of carbonyl (C=O) groups excluding carboxylic acids is 1. The lowest BCUT2D eigenvalue weighted by molar-refractivity contribution is -0.112. The minimum Gasteiger partial charge on any atom is -0.493 e. The van der Waals surface area contributed by atoms with Crippen LogP contribution < -0.4 is 8.92 Å². The first-order chi connectivity index (χ1) is 10.9. The molecule has 23 heavy (non-hydrogen) atoms. The molecule has 2 aromatic rings. The third-order valence-corrected chi connectivity index (χ3v) is 4.18. The molecule has 2 aromatic carbocycles. The smallest absolute Gasteiger partial charge is 0.339 e. The van der Waals surface area contributed by atoms with Gasteiger partial charge in [-0.25, -0.2) is 0 Å². The zero-order valence-corrected chi connectivity index (χ0v) is 13.5. The Morgan fingerprint density at radius 2 is 1.74 bits per heavy atom. The highest BCUT2D eigenvalue weighted by Crippen LogP contribution is 2.31. The Labute approximate surface area is 135 Å². The van der Waals surface area contributed by atoms with E-state index in [1.807, 2.05) is 0 Å². The van der Waals surface area contributed by atoms with Gasteiger partial charge in [0.1, 0.15) is 4.90 Å². The van der Waals surface area contributed by atoms with Crippen LogP contribution in [0.3, 0.4) is 0 Å². The van der Waals surface area contributed by atoms with Gasteiger partial charge in [0.25, 0.3) is 0 Å². The first-order valence-electron chi connectivity index (χ1n) is 6.78. The Hall–Kier alpha value is -2.60. The van der Waals surface area contributed by atoms with Gasteiger partial charge < -0.3 is 8.92 Å². The molecule has 0 spiro atoms. The van der Waals surface area contributed by atoms with Crippen LogP contribution in [-0.4, -0.2) is 21.3 Å². The van der Waals surface area contributed by atoms with Crippen molar-refractivity contribution in [2.75, 3.05) is 7.11 Å². The number of hydrogen-bond donors (Lipinski definition) is 0. The summed E-state index contributed by atoms with van der Waals surface area (Å²) < 4.78 is 34.8. The van der Waals surface area contributed by atoms with Crippen LogP contribution in [0.25, 0.3) is 6.08 Å². The van der Waals surface area contributed by atoms with Crippen molar-refractivity contribution in [1.29, 1.82) is 0 Å². The Morgan fingerprint density at radius 1 is 1.04 bits per heavy atom. The highest BCUT2D eigenvalue weighted by molar-refractivity contribution is 7.87. The van der Waals surface area contributed by atoms with Gasteiger partial charge in [-0.05, 0) is 42.8 Å². The first kappa shape index (κ1) is 16.8. The summed E-state index contributed by atoms with van der Waals surface area (Å²) in [6.07, 6.45) is 3.02. The molecule has 0 fully saturated rings. The van der Waals surface area contributed by atoms with Crippen LogP contribution in [-0.2, 0) is 14.9 Å². The van der Waals surface area contributed by atoms with E-state index in [-0.39, 0.29) is 22.2 Å². The molecule has 0 N–H and O–H groups in total. The lowest BCUT2D eigenvalue weighted by atomic mass is 10.2. The third-order valence-electron chi connectivity index (χ3n) is 2.93. The quantitative estimate of drug-likeness (QED) is 0.600. The predicted molar refractivity (Wildman–Crippen MR) is 87.0 cm³/mol. The molecular weight excluding hydrogens is 316 g/mol. The van der Waals surface area contributed by atoms with E-state index in [1.165, 1.54) is 38.3 Å². The minimum atomic E-state index is -3.94. The van der Waals surface area contributed by atoms with Crippen molar-refractivity contribution >= 4 is 22.0 Å². The average Bonchev–Trinajstić information content (AvgIpc) is 2.54. The Kier molecular flexibility index (Phi) is 5.18. The number of ketones is 1. The number of hydrogen-bond acceptors (Lipinski definition) is 5. The fourth-order valence-corrected chi connectivity index (χ4v) is 2.78.